The summed E-state index contributed by atoms with van der Waals surface area (Å²) in [6.45, 7) is 3.32. The van der Waals surface area contributed by atoms with Crippen molar-refractivity contribution in [3.63, 3.8) is 0 Å². The summed E-state index contributed by atoms with van der Waals surface area (Å²) in [5, 5.41) is 16.1. The van der Waals surface area contributed by atoms with Crippen LogP contribution < -0.4 is 10.6 Å². The van der Waals surface area contributed by atoms with Crippen LogP contribution in [0, 0.1) is 0 Å². The second-order valence-electron chi connectivity index (χ2n) is 7.29. The number of aliphatic hydroxyl groups is 1. The van der Waals surface area contributed by atoms with Crippen LogP contribution in [-0.2, 0) is 18.2 Å². The first kappa shape index (κ1) is 21.7. The van der Waals surface area contributed by atoms with Gasteiger partial charge >= 0.3 is 12.2 Å². The van der Waals surface area contributed by atoms with E-state index in [1.54, 1.807) is 19.9 Å². The predicted octanol–water partition coefficient (Wildman–Crippen LogP) is 6.05. The Bertz CT molecular complexity index is 944. The Morgan fingerprint density at radius 2 is 1.86 bits per heavy atom. The minimum atomic E-state index is -4.42. The molecule has 2 aromatic rings. The van der Waals surface area contributed by atoms with E-state index in [0.717, 1.165) is 17.7 Å². The minimum Gasteiger partial charge on any atom is -0.385 e. The fraction of sp³-hybridized carbons (Fsp3) is 0.350. The Hall–Kier alpha value is -1.96. The number of urea groups is 1. The van der Waals surface area contributed by atoms with Crippen molar-refractivity contribution in [3.8, 4) is 0 Å². The van der Waals surface area contributed by atoms with Gasteiger partial charge in [0.1, 0.15) is 0 Å². The topological polar surface area (TPSA) is 61.4 Å². The maximum absolute atomic E-state index is 12.7. The number of fused-ring (bicyclic) bond motifs is 1. The van der Waals surface area contributed by atoms with Crippen molar-refractivity contribution >= 4 is 34.9 Å². The maximum Gasteiger partial charge on any atom is 0.416 e. The van der Waals surface area contributed by atoms with Crippen LogP contribution in [-0.4, -0.2) is 11.1 Å². The SMILES string of the molecule is CC(NC(=O)Nc1c(Cl)cc2c(c1Cl)CCC2(C)O)c1ccc(C(F)(F)F)cc1. The first-order chi connectivity index (χ1) is 13.4. The molecule has 2 unspecified atom stereocenters. The normalized spacial score (nSPS) is 19.6. The summed E-state index contributed by atoms with van der Waals surface area (Å²) < 4.78 is 38.0. The van der Waals surface area contributed by atoms with Gasteiger partial charge in [-0.05, 0) is 61.6 Å². The molecule has 0 saturated heterocycles. The van der Waals surface area contributed by atoms with Crippen LogP contribution >= 0.6 is 23.2 Å². The van der Waals surface area contributed by atoms with Gasteiger partial charge in [-0.1, -0.05) is 35.3 Å². The number of nitrogens with one attached hydrogen (secondary N) is 2. The fourth-order valence-corrected chi connectivity index (χ4v) is 4.04. The summed E-state index contributed by atoms with van der Waals surface area (Å²) in [7, 11) is 0. The van der Waals surface area contributed by atoms with Gasteiger partial charge in [-0.3, -0.25) is 0 Å². The Kier molecular flexibility index (Phi) is 5.77. The second kappa shape index (κ2) is 7.70. The van der Waals surface area contributed by atoms with E-state index < -0.39 is 29.4 Å². The Morgan fingerprint density at radius 1 is 1.24 bits per heavy atom. The third kappa shape index (κ3) is 4.47. The van der Waals surface area contributed by atoms with Gasteiger partial charge in [0.25, 0.3) is 0 Å². The van der Waals surface area contributed by atoms with Crippen molar-refractivity contribution in [2.75, 3.05) is 5.32 Å². The molecule has 2 amide bonds. The van der Waals surface area contributed by atoms with E-state index in [9.17, 15) is 23.1 Å². The van der Waals surface area contributed by atoms with Crippen molar-refractivity contribution < 1.29 is 23.1 Å². The Labute approximate surface area is 176 Å². The van der Waals surface area contributed by atoms with Crippen LogP contribution in [0.4, 0.5) is 23.7 Å². The van der Waals surface area contributed by atoms with E-state index in [-0.39, 0.29) is 15.7 Å². The number of benzene rings is 2. The molecule has 156 valence electrons. The molecule has 3 rings (SSSR count). The highest BCUT2D eigenvalue weighted by Crippen LogP contribution is 2.45. The largest absolute Gasteiger partial charge is 0.416 e. The zero-order valence-corrected chi connectivity index (χ0v) is 17.1. The molecule has 29 heavy (non-hydrogen) atoms. The van der Waals surface area contributed by atoms with E-state index in [0.29, 0.717) is 24.0 Å². The molecule has 2 aromatic carbocycles. The predicted molar refractivity (Wildman–Crippen MR) is 106 cm³/mol. The van der Waals surface area contributed by atoms with Gasteiger partial charge in [0.05, 0.1) is 32.9 Å². The minimum absolute atomic E-state index is 0.188. The van der Waals surface area contributed by atoms with E-state index in [1.807, 2.05) is 0 Å². The van der Waals surface area contributed by atoms with Gasteiger partial charge in [0.15, 0.2) is 0 Å². The number of carbonyl (C=O) groups is 1. The molecule has 0 saturated carbocycles. The molecule has 0 aromatic heterocycles. The highest BCUT2D eigenvalue weighted by Gasteiger charge is 2.35. The van der Waals surface area contributed by atoms with Gasteiger partial charge in [-0.15, -0.1) is 0 Å². The lowest BCUT2D eigenvalue weighted by atomic mass is 9.98. The summed E-state index contributed by atoms with van der Waals surface area (Å²) in [5.74, 6) is 0. The van der Waals surface area contributed by atoms with Crippen molar-refractivity contribution in [1.29, 1.82) is 0 Å². The molecule has 1 aliphatic carbocycles. The molecule has 0 heterocycles. The lowest BCUT2D eigenvalue weighted by Crippen LogP contribution is -2.31. The van der Waals surface area contributed by atoms with Gasteiger partial charge in [-0.2, -0.15) is 13.2 Å². The quantitative estimate of drug-likeness (QED) is 0.537. The summed E-state index contributed by atoms with van der Waals surface area (Å²) in [5.41, 5.74) is 0.312. The molecule has 3 N–H and O–H groups in total. The van der Waals surface area contributed by atoms with Gasteiger partial charge in [0.2, 0.25) is 0 Å². The van der Waals surface area contributed by atoms with E-state index in [2.05, 4.69) is 10.6 Å². The van der Waals surface area contributed by atoms with Gasteiger partial charge in [0, 0.05) is 0 Å². The number of alkyl halides is 3. The lowest BCUT2D eigenvalue weighted by molar-refractivity contribution is -0.137. The second-order valence-corrected chi connectivity index (χ2v) is 8.07. The van der Waals surface area contributed by atoms with Crippen molar-refractivity contribution in [1.82, 2.24) is 5.32 Å². The number of rotatable bonds is 3. The van der Waals surface area contributed by atoms with Crippen LogP contribution in [0.25, 0.3) is 0 Å². The van der Waals surface area contributed by atoms with E-state index in [1.165, 1.54) is 12.1 Å². The van der Waals surface area contributed by atoms with E-state index in [4.69, 9.17) is 23.2 Å². The standard InChI is InChI=1S/C20H19Cl2F3N2O2/c1-10(11-3-5-12(6-4-11)20(23,24)25)26-18(28)27-17-15(21)9-14-13(16(17)22)7-8-19(14,2)29/h3-6,9-10,29H,7-8H2,1-2H3,(H2,26,27,28). The molecule has 4 nitrogen and oxygen atoms in total. The number of hydrogen-bond acceptors (Lipinski definition) is 2. The van der Waals surface area contributed by atoms with Crippen LogP contribution in [0.5, 0.6) is 0 Å². The Balaban J connectivity index is 1.73. The third-order valence-electron chi connectivity index (χ3n) is 5.09. The summed E-state index contributed by atoms with van der Waals surface area (Å²) in [6, 6.07) is 4.98. The number of hydrogen-bond donors (Lipinski definition) is 3. The average molecular weight is 447 g/mol. The first-order valence-electron chi connectivity index (χ1n) is 8.88. The van der Waals surface area contributed by atoms with Crippen molar-refractivity contribution in [2.24, 2.45) is 0 Å². The molecule has 0 radical (unpaired) electrons. The maximum atomic E-state index is 12.7. The molecular weight excluding hydrogens is 428 g/mol. The first-order valence-corrected chi connectivity index (χ1v) is 9.64. The van der Waals surface area contributed by atoms with Gasteiger partial charge < -0.3 is 15.7 Å². The summed E-state index contributed by atoms with van der Waals surface area (Å²) in [4.78, 5) is 12.4. The zero-order valence-electron chi connectivity index (χ0n) is 15.6. The fourth-order valence-electron chi connectivity index (χ4n) is 3.39. The average Bonchev–Trinajstić information content (AvgIpc) is 2.93. The number of carbonyl (C=O) groups excluding carboxylic acids is 1. The zero-order chi connectivity index (χ0) is 21.6. The lowest BCUT2D eigenvalue weighted by Gasteiger charge is -2.20. The number of anilines is 1. The summed E-state index contributed by atoms with van der Waals surface area (Å²) in [6.07, 6.45) is -3.37. The van der Waals surface area contributed by atoms with Crippen molar-refractivity contribution in [2.45, 2.75) is 44.5 Å². The smallest absolute Gasteiger partial charge is 0.385 e. The number of amides is 2. The van der Waals surface area contributed by atoms with Crippen LogP contribution in [0.3, 0.4) is 0 Å². The van der Waals surface area contributed by atoms with E-state index >= 15 is 0 Å². The molecule has 0 bridgehead atoms. The summed E-state index contributed by atoms with van der Waals surface area (Å²) >= 11 is 12.7. The molecule has 9 heteroatoms. The molecule has 0 spiro atoms. The van der Waals surface area contributed by atoms with Crippen molar-refractivity contribution in [3.05, 3.63) is 62.6 Å². The molecule has 0 fully saturated rings. The van der Waals surface area contributed by atoms with Crippen LogP contribution in [0.15, 0.2) is 30.3 Å². The molecule has 0 aliphatic heterocycles. The Morgan fingerprint density at radius 3 is 2.45 bits per heavy atom. The third-order valence-corrected chi connectivity index (χ3v) is 5.80. The molecule has 2 atom stereocenters. The highest BCUT2D eigenvalue weighted by atomic mass is 35.5. The van der Waals surface area contributed by atoms with Crippen LogP contribution in [0.2, 0.25) is 10.0 Å². The van der Waals surface area contributed by atoms with Gasteiger partial charge in [-0.25, -0.2) is 4.79 Å². The monoisotopic (exact) mass is 446 g/mol. The van der Waals surface area contributed by atoms with Crippen LogP contribution in [0.1, 0.15) is 48.6 Å². The molecule has 1 aliphatic rings. The highest BCUT2D eigenvalue weighted by molar-refractivity contribution is 6.40. The molecular formula is C20H19Cl2F3N2O2. The number of halogens is 5.